The highest BCUT2D eigenvalue weighted by molar-refractivity contribution is 5.79. The van der Waals surface area contributed by atoms with E-state index in [1.54, 1.807) is 0 Å². The van der Waals surface area contributed by atoms with Crippen LogP contribution in [0.4, 0.5) is 0 Å². The van der Waals surface area contributed by atoms with Crippen molar-refractivity contribution in [2.45, 2.75) is 44.6 Å². The van der Waals surface area contributed by atoms with Crippen molar-refractivity contribution in [2.75, 3.05) is 13.6 Å². The topological polar surface area (TPSA) is 20.3 Å². The Balaban J connectivity index is 2.18. The Bertz CT molecular complexity index is 389. The molecule has 0 radical (unpaired) electrons. The summed E-state index contributed by atoms with van der Waals surface area (Å²) in [6.45, 7) is 3.24. The molecule has 0 aromatic heterocycles. The third kappa shape index (κ3) is 2.81. The van der Waals surface area contributed by atoms with Crippen LogP contribution in [-0.4, -0.2) is 29.8 Å². The van der Waals surface area contributed by atoms with E-state index in [0.717, 1.165) is 38.6 Å². The first-order chi connectivity index (χ1) is 8.66. The summed E-state index contributed by atoms with van der Waals surface area (Å²) in [4.78, 5) is 13.9. The zero-order valence-corrected chi connectivity index (χ0v) is 11.5. The van der Waals surface area contributed by atoms with Gasteiger partial charge < -0.3 is 4.90 Å². The maximum absolute atomic E-state index is 11.5. The van der Waals surface area contributed by atoms with Gasteiger partial charge in [-0.2, -0.15) is 0 Å². The maximum atomic E-state index is 11.5. The summed E-state index contributed by atoms with van der Waals surface area (Å²) in [7, 11) is 2.19. The molecule has 0 N–H and O–H groups in total. The minimum Gasteiger partial charge on any atom is -0.301 e. The quantitative estimate of drug-likeness (QED) is 0.812. The number of rotatable bonds is 4. The highest BCUT2D eigenvalue weighted by Crippen LogP contribution is 2.34. The van der Waals surface area contributed by atoms with Gasteiger partial charge in [0.15, 0.2) is 0 Å². The molecule has 0 saturated heterocycles. The molecule has 0 heterocycles. The Morgan fingerprint density at radius 3 is 2.33 bits per heavy atom. The summed E-state index contributed by atoms with van der Waals surface area (Å²) in [5.74, 6) is 0.434. The Hall–Kier alpha value is -1.15. The second kappa shape index (κ2) is 5.66. The summed E-state index contributed by atoms with van der Waals surface area (Å²) in [6.07, 6.45) is 4.57. The lowest BCUT2D eigenvalue weighted by molar-refractivity contribution is -0.122. The standard InChI is InChI=1S/C16H23NO/c1-3-17(2)16(11-9-15(18)10-12-16)13-14-7-5-4-6-8-14/h4-8H,3,9-13H2,1-2H3. The molecule has 1 aliphatic carbocycles. The molecule has 0 aliphatic heterocycles. The molecule has 18 heavy (non-hydrogen) atoms. The average molecular weight is 245 g/mol. The Morgan fingerprint density at radius 1 is 1.17 bits per heavy atom. The first-order valence-corrected chi connectivity index (χ1v) is 6.93. The fourth-order valence-corrected chi connectivity index (χ4v) is 3.00. The molecule has 0 bridgehead atoms. The van der Waals surface area contributed by atoms with E-state index in [1.165, 1.54) is 5.56 Å². The number of carbonyl (C=O) groups is 1. The number of Topliss-reactive ketones (excluding diaryl/α,β-unsaturated/α-hetero) is 1. The predicted molar refractivity (Wildman–Crippen MR) is 74.7 cm³/mol. The summed E-state index contributed by atoms with van der Waals surface area (Å²) in [6, 6.07) is 10.7. The molecule has 2 rings (SSSR count). The molecule has 0 amide bonds. The number of hydrogen-bond donors (Lipinski definition) is 0. The van der Waals surface area contributed by atoms with Gasteiger partial charge in [-0.05, 0) is 38.4 Å². The number of hydrogen-bond acceptors (Lipinski definition) is 2. The normalized spacial score (nSPS) is 19.2. The SMILES string of the molecule is CCN(C)C1(Cc2ccccc2)CCC(=O)CC1. The van der Waals surface area contributed by atoms with Crippen LogP contribution in [0.15, 0.2) is 30.3 Å². The van der Waals surface area contributed by atoms with Crippen LogP contribution in [0.25, 0.3) is 0 Å². The largest absolute Gasteiger partial charge is 0.301 e. The fraction of sp³-hybridized carbons (Fsp3) is 0.562. The molecule has 1 aromatic carbocycles. The number of nitrogens with zero attached hydrogens (tertiary/aromatic N) is 1. The van der Waals surface area contributed by atoms with Crippen LogP contribution in [0.1, 0.15) is 38.2 Å². The van der Waals surface area contributed by atoms with Crippen molar-refractivity contribution in [3.8, 4) is 0 Å². The van der Waals surface area contributed by atoms with Crippen molar-refractivity contribution in [3.63, 3.8) is 0 Å². The van der Waals surface area contributed by atoms with E-state index in [4.69, 9.17) is 0 Å². The van der Waals surface area contributed by atoms with Crippen LogP contribution in [0.2, 0.25) is 0 Å². The van der Waals surface area contributed by atoms with Crippen LogP contribution < -0.4 is 0 Å². The molecule has 2 nitrogen and oxygen atoms in total. The number of carbonyl (C=O) groups excluding carboxylic acids is 1. The maximum Gasteiger partial charge on any atom is 0.133 e. The van der Waals surface area contributed by atoms with Gasteiger partial charge in [-0.25, -0.2) is 0 Å². The molecule has 1 saturated carbocycles. The molecular weight excluding hydrogens is 222 g/mol. The van der Waals surface area contributed by atoms with Gasteiger partial charge in [-0.3, -0.25) is 4.79 Å². The van der Waals surface area contributed by atoms with Crippen molar-refractivity contribution < 1.29 is 4.79 Å². The molecule has 2 heteroatoms. The van der Waals surface area contributed by atoms with Gasteiger partial charge in [0.2, 0.25) is 0 Å². The molecule has 1 aliphatic rings. The highest BCUT2D eigenvalue weighted by atomic mass is 16.1. The minimum atomic E-state index is 0.185. The van der Waals surface area contributed by atoms with Crippen molar-refractivity contribution in [3.05, 3.63) is 35.9 Å². The van der Waals surface area contributed by atoms with E-state index in [1.807, 2.05) is 0 Å². The van der Waals surface area contributed by atoms with Crippen LogP contribution >= 0.6 is 0 Å². The van der Waals surface area contributed by atoms with E-state index in [0.29, 0.717) is 5.78 Å². The van der Waals surface area contributed by atoms with Crippen molar-refractivity contribution in [2.24, 2.45) is 0 Å². The Labute approximate surface area is 110 Å². The predicted octanol–water partition coefficient (Wildman–Crippen LogP) is 3.06. The first-order valence-electron chi connectivity index (χ1n) is 6.93. The van der Waals surface area contributed by atoms with Crippen molar-refractivity contribution in [1.29, 1.82) is 0 Å². The molecule has 98 valence electrons. The van der Waals surface area contributed by atoms with Crippen LogP contribution in [0, 0.1) is 0 Å². The summed E-state index contributed by atoms with van der Waals surface area (Å²) < 4.78 is 0. The average Bonchev–Trinajstić information content (AvgIpc) is 2.42. The van der Waals surface area contributed by atoms with Gasteiger partial charge in [-0.15, -0.1) is 0 Å². The van der Waals surface area contributed by atoms with E-state index in [2.05, 4.69) is 49.2 Å². The monoisotopic (exact) mass is 245 g/mol. The molecular formula is C16H23NO. The van der Waals surface area contributed by atoms with Gasteiger partial charge in [-0.1, -0.05) is 37.3 Å². The van der Waals surface area contributed by atoms with Gasteiger partial charge >= 0.3 is 0 Å². The van der Waals surface area contributed by atoms with Crippen molar-refractivity contribution >= 4 is 5.78 Å². The van der Waals surface area contributed by atoms with E-state index in [9.17, 15) is 4.79 Å². The zero-order valence-electron chi connectivity index (χ0n) is 11.5. The first kappa shape index (κ1) is 13.3. The third-order valence-electron chi connectivity index (χ3n) is 4.40. The smallest absolute Gasteiger partial charge is 0.133 e. The molecule has 0 unspecified atom stereocenters. The van der Waals surface area contributed by atoms with Crippen molar-refractivity contribution in [1.82, 2.24) is 4.90 Å². The highest BCUT2D eigenvalue weighted by Gasteiger charge is 2.37. The van der Waals surface area contributed by atoms with Gasteiger partial charge in [0.1, 0.15) is 5.78 Å². The summed E-state index contributed by atoms with van der Waals surface area (Å²) in [5, 5.41) is 0. The van der Waals surface area contributed by atoms with E-state index < -0.39 is 0 Å². The van der Waals surface area contributed by atoms with Gasteiger partial charge in [0, 0.05) is 18.4 Å². The van der Waals surface area contributed by atoms with Gasteiger partial charge in [0.05, 0.1) is 0 Å². The molecule has 1 aromatic rings. The lowest BCUT2D eigenvalue weighted by atomic mass is 9.76. The minimum absolute atomic E-state index is 0.185. The third-order valence-corrected chi connectivity index (χ3v) is 4.40. The molecule has 1 fully saturated rings. The Morgan fingerprint density at radius 2 is 1.78 bits per heavy atom. The zero-order chi connectivity index (χ0) is 13.0. The lowest BCUT2D eigenvalue weighted by Crippen LogP contribution is -2.50. The summed E-state index contributed by atoms with van der Waals surface area (Å²) >= 11 is 0. The van der Waals surface area contributed by atoms with E-state index >= 15 is 0 Å². The van der Waals surface area contributed by atoms with Gasteiger partial charge in [0.25, 0.3) is 0 Å². The number of ketones is 1. The van der Waals surface area contributed by atoms with Crippen LogP contribution in [0.5, 0.6) is 0 Å². The van der Waals surface area contributed by atoms with Crippen LogP contribution in [-0.2, 0) is 11.2 Å². The van der Waals surface area contributed by atoms with E-state index in [-0.39, 0.29) is 5.54 Å². The number of benzene rings is 1. The fourth-order valence-electron chi connectivity index (χ4n) is 3.00. The molecule has 0 spiro atoms. The Kier molecular flexibility index (Phi) is 4.18. The summed E-state index contributed by atoms with van der Waals surface area (Å²) in [5.41, 5.74) is 1.57. The number of likely N-dealkylation sites (N-methyl/N-ethyl adjacent to an activating group) is 1. The molecule has 0 atom stereocenters. The van der Waals surface area contributed by atoms with Crippen LogP contribution in [0.3, 0.4) is 0 Å². The second-order valence-electron chi connectivity index (χ2n) is 5.44. The second-order valence-corrected chi connectivity index (χ2v) is 5.44. The lowest BCUT2D eigenvalue weighted by Gasteiger charge is -2.44.